The summed E-state index contributed by atoms with van der Waals surface area (Å²) >= 11 is 0. The predicted octanol–water partition coefficient (Wildman–Crippen LogP) is 0.383. The molecule has 0 fully saturated rings. The Morgan fingerprint density at radius 2 is 2.24 bits per heavy atom. The van der Waals surface area contributed by atoms with Gasteiger partial charge in [0.15, 0.2) is 5.60 Å². The number of rotatable bonds is 3. The molecule has 0 saturated heterocycles. The van der Waals surface area contributed by atoms with Gasteiger partial charge in [-0.3, -0.25) is 4.55 Å². The minimum absolute atomic E-state index is 0.116. The average Bonchev–Trinajstić information content (AvgIpc) is 2.89. The normalized spacial score (nSPS) is 15.7. The first-order valence-corrected chi connectivity index (χ1v) is 6.00. The fraction of sp³-hybridized carbons (Fsp3) is 0.222. The van der Waals surface area contributed by atoms with Crippen LogP contribution in [0.25, 0.3) is 0 Å². The third kappa shape index (κ3) is 1.97. The van der Waals surface area contributed by atoms with E-state index >= 15 is 0 Å². The summed E-state index contributed by atoms with van der Waals surface area (Å²) in [5, 5.41) is 10.2. The Bertz CT molecular complexity index is 612. The Morgan fingerprint density at radius 1 is 1.53 bits per heavy atom. The molecule has 7 nitrogen and oxygen atoms in total. The lowest BCUT2D eigenvalue weighted by atomic mass is 10.0. The van der Waals surface area contributed by atoms with E-state index in [0.717, 1.165) is 12.5 Å². The van der Waals surface area contributed by atoms with Gasteiger partial charge in [-0.1, -0.05) is 0 Å². The van der Waals surface area contributed by atoms with E-state index in [1.54, 1.807) is 6.07 Å². The largest absolute Gasteiger partial charge is 0.466 e. The second-order valence-electron chi connectivity index (χ2n) is 3.60. The lowest BCUT2D eigenvalue weighted by Gasteiger charge is -2.20. The summed E-state index contributed by atoms with van der Waals surface area (Å²) in [6.07, 6.45) is 3.37. The van der Waals surface area contributed by atoms with Crippen molar-refractivity contribution in [3.8, 4) is 0 Å². The number of nitrogens with zero attached hydrogens (tertiary/aromatic N) is 2. The summed E-state index contributed by atoms with van der Waals surface area (Å²) in [5.74, 6) is 0.142. The van der Waals surface area contributed by atoms with Crippen molar-refractivity contribution in [2.24, 2.45) is 0 Å². The molecular weight excluding hydrogens is 248 g/mol. The van der Waals surface area contributed by atoms with Crippen molar-refractivity contribution >= 4 is 10.3 Å². The van der Waals surface area contributed by atoms with Crippen molar-refractivity contribution < 1.29 is 22.5 Å². The van der Waals surface area contributed by atoms with Crippen LogP contribution in [-0.4, -0.2) is 27.0 Å². The Kier molecular flexibility index (Phi) is 2.57. The Morgan fingerprint density at radius 3 is 2.76 bits per heavy atom. The molecule has 2 heterocycles. The van der Waals surface area contributed by atoms with Crippen molar-refractivity contribution in [3.63, 3.8) is 0 Å². The molecule has 2 N–H and O–H groups in total. The van der Waals surface area contributed by atoms with Gasteiger partial charge < -0.3 is 9.52 Å². The smallest absolute Gasteiger partial charge is 0.365 e. The van der Waals surface area contributed by atoms with Crippen molar-refractivity contribution in [2.75, 3.05) is 0 Å². The summed E-state index contributed by atoms with van der Waals surface area (Å²) in [6, 6.07) is 3.04. The van der Waals surface area contributed by atoms with Crippen LogP contribution in [0.2, 0.25) is 0 Å². The highest BCUT2D eigenvalue weighted by Crippen LogP contribution is 2.29. The first kappa shape index (κ1) is 11.8. The van der Waals surface area contributed by atoms with Crippen LogP contribution >= 0.6 is 0 Å². The van der Waals surface area contributed by atoms with E-state index < -0.39 is 15.9 Å². The fourth-order valence-corrected chi connectivity index (χ4v) is 2.14. The first-order valence-electron chi connectivity index (χ1n) is 4.60. The van der Waals surface area contributed by atoms with E-state index in [2.05, 4.69) is 4.98 Å². The third-order valence-electron chi connectivity index (χ3n) is 2.35. The zero-order valence-corrected chi connectivity index (χ0v) is 9.63. The molecule has 17 heavy (non-hydrogen) atoms. The molecule has 0 amide bonds. The number of furan rings is 1. The second kappa shape index (κ2) is 3.69. The molecule has 2 aromatic rings. The van der Waals surface area contributed by atoms with Gasteiger partial charge in [-0.25, -0.2) is 8.96 Å². The standard InChI is InChI=1S/C9H10N2O5S/c1-9(12,8-3-2-4-16-8)7-5-10-6-11(7)17(13,14)15/h2-6,12H,1H3,(H,13,14,15). The maximum absolute atomic E-state index is 11.1. The minimum atomic E-state index is -4.51. The lowest BCUT2D eigenvalue weighted by molar-refractivity contribution is 0.0712. The summed E-state index contributed by atoms with van der Waals surface area (Å²) < 4.78 is 36.6. The molecule has 0 aliphatic carbocycles. The molecule has 0 spiro atoms. The molecule has 2 rings (SSSR count). The highest BCUT2D eigenvalue weighted by molar-refractivity contribution is 7.84. The van der Waals surface area contributed by atoms with Crippen LogP contribution in [0.3, 0.4) is 0 Å². The number of hydrogen-bond donors (Lipinski definition) is 2. The Balaban J connectivity index is 2.59. The van der Waals surface area contributed by atoms with Crippen LogP contribution in [0.5, 0.6) is 0 Å². The van der Waals surface area contributed by atoms with Gasteiger partial charge in [-0.15, -0.1) is 0 Å². The maximum atomic E-state index is 11.1. The quantitative estimate of drug-likeness (QED) is 0.771. The topological polar surface area (TPSA) is 106 Å². The fourth-order valence-electron chi connectivity index (χ4n) is 1.49. The highest BCUT2D eigenvalue weighted by atomic mass is 32.2. The number of imidazole rings is 1. The zero-order valence-electron chi connectivity index (χ0n) is 8.81. The van der Waals surface area contributed by atoms with Crippen LogP contribution in [0.4, 0.5) is 0 Å². The molecule has 92 valence electrons. The van der Waals surface area contributed by atoms with E-state index in [-0.39, 0.29) is 11.5 Å². The molecule has 8 heteroatoms. The summed E-state index contributed by atoms with van der Waals surface area (Å²) in [4.78, 5) is 3.59. The molecular formula is C9H10N2O5S. The van der Waals surface area contributed by atoms with Crippen molar-refractivity contribution in [1.29, 1.82) is 0 Å². The van der Waals surface area contributed by atoms with E-state index in [4.69, 9.17) is 8.97 Å². The van der Waals surface area contributed by atoms with E-state index in [0.29, 0.717) is 3.97 Å². The summed E-state index contributed by atoms with van der Waals surface area (Å²) in [7, 11) is -4.51. The average molecular weight is 258 g/mol. The molecule has 0 bridgehead atoms. The van der Waals surface area contributed by atoms with Crippen molar-refractivity contribution in [2.45, 2.75) is 12.5 Å². The number of aromatic nitrogens is 2. The molecule has 1 atom stereocenters. The van der Waals surface area contributed by atoms with E-state index in [1.165, 1.54) is 19.3 Å². The molecule has 0 aliphatic rings. The number of aliphatic hydroxyl groups is 1. The predicted molar refractivity (Wildman–Crippen MR) is 56.6 cm³/mol. The van der Waals surface area contributed by atoms with Gasteiger partial charge in [0.1, 0.15) is 12.1 Å². The highest BCUT2D eigenvalue weighted by Gasteiger charge is 2.34. The van der Waals surface area contributed by atoms with Crippen molar-refractivity contribution in [3.05, 3.63) is 42.4 Å². The lowest BCUT2D eigenvalue weighted by Crippen LogP contribution is -2.28. The van der Waals surface area contributed by atoms with Crippen LogP contribution in [0.1, 0.15) is 18.4 Å². The van der Waals surface area contributed by atoms with Crippen LogP contribution in [0, 0.1) is 0 Å². The van der Waals surface area contributed by atoms with Gasteiger partial charge in [-0.05, 0) is 19.1 Å². The first-order chi connectivity index (χ1) is 7.83. The molecule has 1 unspecified atom stereocenters. The Hall–Kier alpha value is -1.64. The van der Waals surface area contributed by atoms with Gasteiger partial charge in [-0.2, -0.15) is 8.42 Å². The van der Waals surface area contributed by atoms with Crippen LogP contribution in [-0.2, 0) is 15.9 Å². The van der Waals surface area contributed by atoms with Gasteiger partial charge in [0, 0.05) is 0 Å². The van der Waals surface area contributed by atoms with Gasteiger partial charge in [0.05, 0.1) is 18.2 Å². The molecule has 0 saturated carbocycles. The third-order valence-corrected chi connectivity index (χ3v) is 3.14. The molecule has 0 aliphatic heterocycles. The minimum Gasteiger partial charge on any atom is -0.466 e. The molecule has 2 aromatic heterocycles. The molecule has 0 aromatic carbocycles. The maximum Gasteiger partial charge on any atom is 0.365 e. The van der Waals surface area contributed by atoms with Crippen molar-refractivity contribution in [1.82, 2.24) is 8.96 Å². The van der Waals surface area contributed by atoms with Crippen LogP contribution < -0.4 is 0 Å². The Labute approximate surface area is 97.2 Å². The second-order valence-corrected chi connectivity index (χ2v) is 4.89. The monoisotopic (exact) mass is 258 g/mol. The van der Waals surface area contributed by atoms with Gasteiger partial charge >= 0.3 is 10.3 Å². The summed E-state index contributed by atoms with van der Waals surface area (Å²) in [5.41, 5.74) is -1.83. The van der Waals surface area contributed by atoms with Gasteiger partial charge in [0.25, 0.3) is 0 Å². The van der Waals surface area contributed by atoms with E-state index in [1.807, 2.05) is 0 Å². The van der Waals surface area contributed by atoms with Gasteiger partial charge in [0.2, 0.25) is 0 Å². The molecule has 0 radical (unpaired) electrons. The van der Waals surface area contributed by atoms with Crippen LogP contribution in [0.15, 0.2) is 35.3 Å². The van der Waals surface area contributed by atoms with E-state index in [9.17, 15) is 13.5 Å². The number of hydrogen-bond acceptors (Lipinski definition) is 5. The summed E-state index contributed by atoms with van der Waals surface area (Å²) in [6.45, 7) is 1.34. The zero-order chi connectivity index (χ0) is 12.7. The SMILES string of the molecule is CC(O)(c1ccco1)c1cncn1S(=O)(=O)O.